The maximum absolute atomic E-state index is 12.6. The van der Waals surface area contributed by atoms with Gasteiger partial charge in [0.25, 0.3) is 0 Å². The van der Waals surface area contributed by atoms with Crippen LogP contribution in [-0.4, -0.2) is 50.1 Å². The van der Waals surface area contributed by atoms with Crippen LogP contribution in [-0.2, 0) is 28.5 Å². The Morgan fingerprint density at radius 3 is 1.27 bits per heavy atom. The summed E-state index contributed by atoms with van der Waals surface area (Å²) in [6.45, 7) is 14.2. The van der Waals surface area contributed by atoms with Crippen molar-refractivity contribution in [3.8, 4) is 0 Å². The van der Waals surface area contributed by atoms with Gasteiger partial charge in [0.2, 0.25) is 0 Å². The summed E-state index contributed by atoms with van der Waals surface area (Å²) in [5.41, 5.74) is -0.590. The standard InChI is InChI=1S/C46H90O6/c1-8-11-13-15-17-19-21-23-25-27-29-31-33-42(34-32-30-28-26-24-22-20-18-16-14-12-9-2)41-51-44(48)36-35-43(47)50-39-38-46(6,10-3)52-40-37-45(4,5)49-7/h42H,8-41H2,1-7H3. The number of hydrogen-bond donors (Lipinski definition) is 0. The van der Waals surface area contributed by atoms with E-state index < -0.39 is 0 Å². The highest BCUT2D eigenvalue weighted by Gasteiger charge is 2.25. The number of esters is 2. The minimum Gasteiger partial charge on any atom is -0.466 e. The van der Waals surface area contributed by atoms with E-state index in [9.17, 15) is 9.59 Å². The van der Waals surface area contributed by atoms with E-state index in [1.807, 2.05) is 13.8 Å². The van der Waals surface area contributed by atoms with Gasteiger partial charge in [0, 0.05) is 13.5 Å². The lowest BCUT2D eigenvalue weighted by Gasteiger charge is -2.31. The van der Waals surface area contributed by atoms with Crippen molar-refractivity contribution in [3.63, 3.8) is 0 Å². The van der Waals surface area contributed by atoms with Crippen LogP contribution in [0, 0.1) is 5.92 Å². The number of rotatable bonds is 40. The van der Waals surface area contributed by atoms with Crippen molar-refractivity contribution >= 4 is 11.9 Å². The van der Waals surface area contributed by atoms with Crippen molar-refractivity contribution in [2.75, 3.05) is 26.9 Å². The molecule has 6 nitrogen and oxygen atoms in total. The molecule has 0 heterocycles. The first kappa shape index (κ1) is 50.9. The van der Waals surface area contributed by atoms with Crippen molar-refractivity contribution in [2.45, 2.75) is 252 Å². The van der Waals surface area contributed by atoms with E-state index in [2.05, 4.69) is 27.7 Å². The molecule has 0 aliphatic heterocycles. The predicted octanol–water partition coefficient (Wildman–Crippen LogP) is 14.0. The van der Waals surface area contributed by atoms with Gasteiger partial charge in [-0.25, -0.2) is 0 Å². The van der Waals surface area contributed by atoms with Crippen molar-refractivity contribution in [3.05, 3.63) is 0 Å². The molecule has 0 radical (unpaired) electrons. The monoisotopic (exact) mass is 739 g/mol. The van der Waals surface area contributed by atoms with Crippen LogP contribution in [0.4, 0.5) is 0 Å². The largest absolute Gasteiger partial charge is 0.466 e. The molecule has 0 aromatic heterocycles. The first-order valence-electron chi connectivity index (χ1n) is 22.6. The Bertz CT molecular complexity index is 770. The molecule has 6 heteroatoms. The van der Waals surface area contributed by atoms with Gasteiger partial charge in [0.1, 0.15) is 0 Å². The van der Waals surface area contributed by atoms with Gasteiger partial charge in [-0.3, -0.25) is 9.59 Å². The lowest BCUT2D eigenvalue weighted by molar-refractivity contribution is -0.152. The van der Waals surface area contributed by atoms with Crippen LogP contribution in [0.2, 0.25) is 0 Å². The van der Waals surface area contributed by atoms with Gasteiger partial charge < -0.3 is 18.9 Å². The zero-order chi connectivity index (χ0) is 38.6. The fourth-order valence-electron chi connectivity index (χ4n) is 6.80. The Labute approximate surface area is 324 Å². The van der Waals surface area contributed by atoms with E-state index in [4.69, 9.17) is 18.9 Å². The van der Waals surface area contributed by atoms with E-state index in [-0.39, 0.29) is 42.6 Å². The molecule has 0 saturated heterocycles. The number of methoxy groups -OCH3 is 1. The second kappa shape index (κ2) is 35.6. The van der Waals surface area contributed by atoms with Crippen molar-refractivity contribution in [2.24, 2.45) is 5.92 Å². The van der Waals surface area contributed by atoms with Gasteiger partial charge in [-0.2, -0.15) is 0 Å². The molecule has 0 N–H and O–H groups in total. The van der Waals surface area contributed by atoms with E-state index in [1.54, 1.807) is 7.11 Å². The number of carbonyl (C=O) groups is 2. The summed E-state index contributed by atoms with van der Waals surface area (Å²) in [4.78, 5) is 25.1. The first-order valence-corrected chi connectivity index (χ1v) is 22.6. The average molecular weight is 739 g/mol. The molecule has 0 rings (SSSR count). The Morgan fingerprint density at radius 2 is 0.885 bits per heavy atom. The number of carbonyl (C=O) groups excluding carboxylic acids is 2. The van der Waals surface area contributed by atoms with Crippen molar-refractivity contribution < 1.29 is 28.5 Å². The molecule has 0 bridgehead atoms. The smallest absolute Gasteiger partial charge is 0.306 e. The van der Waals surface area contributed by atoms with Crippen LogP contribution in [0.25, 0.3) is 0 Å². The summed E-state index contributed by atoms with van der Waals surface area (Å²) in [6, 6.07) is 0. The van der Waals surface area contributed by atoms with Gasteiger partial charge in [0.05, 0.1) is 43.9 Å². The van der Waals surface area contributed by atoms with Crippen LogP contribution in [0.3, 0.4) is 0 Å². The number of hydrogen-bond acceptors (Lipinski definition) is 6. The summed E-state index contributed by atoms with van der Waals surface area (Å²) < 4.78 is 22.9. The highest BCUT2D eigenvalue weighted by atomic mass is 16.5. The molecule has 0 aromatic carbocycles. The van der Waals surface area contributed by atoms with Gasteiger partial charge in [-0.1, -0.05) is 175 Å². The quantitative estimate of drug-likeness (QED) is 0.0460. The first-order chi connectivity index (χ1) is 25.1. The Kier molecular flexibility index (Phi) is 34.8. The summed E-state index contributed by atoms with van der Waals surface area (Å²) in [7, 11) is 1.72. The summed E-state index contributed by atoms with van der Waals surface area (Å²) >= 11 is 0. The Balaban J connectivity index is 4.42. The predicted molar refractivity (Wildman–Crippen MR) is 221 cm³/mol. The Morgan fingerprint density at radius 1 is 0.500 bits per heavy atom. The average Bonchev–Trinajstić information content (AvgIpc) is 3.13. The van der Waals surface area contributed by atoms with Crippen LogP contribution < -0.4 is 0 Å². The lowest BCUT2D eigenvalue weighted by Crippen LogP contribution is -2.33. The molecule has 0 aromatic rings. The van der Waals surface area contributed by atoms with E-state index in [0.29, 0.717) is 25.6 Å². The highest BCUT2D eigenvalue weighted by molar-refractivity contribution is 5.77. The minimum atomic E-state index is -0.362. The van der Waals surface area contributed by atoms with Crippen LogP contribution >= 0.6 is 0 Å². The molecule has 0 saturated carbocycles. The molecule has 1 atom stereocenters. The number of ether oxygens (including phenoxy) is 4. The molecule has 0 amide bonds. The third-order valence-corrected chi connectivity index (χ3v) is 11.3. The second-order valence-electron chi connectivity index (χ2n) is 16.7. The third-order valence-electron chi connectivity index (χ3n) is 11.3. The van der Waals surface area contributed by atoms with Crippen LogP contribution in [0.1, 0.15) is 241 Å². The molecule has 310 valence electrons. The van der Waals surface area contributed by atoms with Crippen LogP contribution in [0.15, 0.2) is 0 Å². The van der Waals surface area contributed by atoms with Crippen molar-refractivity contribution in [1.82, 2.24) is 0 Å². The molecular weight excluding hydrogens is 649 g/mol. The summed E-state index contributed by atoms with van der Waals surface area (Å²) in [6.07, 6.45) is 37.1. The van der Waals surface area contributed by atoms with Crippen LogP contribution in [0.5, 0.6) is 0 Å². The maximum atomic E-state index is 12.6. The minimum absolute atomic E-state index is 0.0622. The fourth-order valence-corrected chi connectivity index (χ4v) is 6.80. The van der Waals surface area contributed by atoms with Crippen molar-refractivity contribution in [1.29, 1.82) is 0 Å². The molecular formula is C46H90O6. The molecule has 0 fully saturated rings. The fraction of sp³-hybridized carbons (Fsp3) is 0.957. The molecule has 0 aliphatic rings. The lowest BCUT2D eigenvalue weighted by atomic mass is 9.94. The SMILES string of the molecule is CCCCCCCCCCCCCCC(CCCCCCCCCCCCCC)COC(=O)CCC(=O)OCCC(C)(CC)OCCC(C)(C)OC. The van der Waals surface area contributed by atoms with Gasteiger partial charge >= 0.3 is 11.9 Å². The topological polar surface area (TPSA) is 71.1 Å². The molecule has 0 spiro atoms. The second-order valence-corrected chi connectivity index (χ2v) is 16.7. The zero-order valence-electron chi connectivity index (χ0n) is 36.1. The summed E-state index contributed by atoms with van der Waals surface area (Å²) in [5.74, 6) is -0.211. The molecule has 52 heavy (non-hydrogen) atoms. The van der Waals surface area contributed by atoms with Gasteiger partial charge in [-0.05, 0) is 52.4 Å². The third kappa shape index (κ3) is 33.4. The zero-order valence-corrected chi connectivity index (χ0v) is 36.1. The molecule has 1 unspecified atom stereocenters. The Hall–Kier alpha value is -1.14. The highest BCUT2D eigenvalue weighted by Crippen LogP contribution is 2.24. The van der Waals surface area contributed by atoms with E-state index in [0.717, 1.165) is 25.7 Å². The molecule has 0 aliphatic carbocycles. The maximum Gasteiger partial charge on any atom is 0.306 e. The van der Waals surface area contributed by atoms with E-state index in [1.165, 1.54) is 154 Å². The normalized spacial score (nSPS) is 13.1. The summed E-state index contributed by atoms with van der Waals surface area (Å²) in [5, 5.41) is 0. The number of unbranched alkanes of at least 4 members (excludes halogenated alkanes) is 22. The van der Waals surface area contributed by atoms with E-state index >= 15 is 0 Å². The van der Waals surface area contributed by atoms with Gasteiger partial charge in [-0.15, -0.1) is 0 Å². The van der Waals surface area contributed by atoms with Gasteiger partial charge in [0.15, 0.2) is 0 Å².